The van der Waals surface area contributed by atoms with Gasteiger partial charge in [0.05, 0.1) is 38.7 Å². The number of hydrogen-bond donors (Lipinski definition) is 4. The predicted molar refractivity (Wildman–Crippen MR) is 186 cm³/mol. The molecule has 0 saturated heterocycles. The minimum Gasteiger partial charge on any atom is -0.444 e. The Hall–Kier alpha value is -3.92. The van der Waals surface area contributed by atoms with E-state index in [2.05, 4.69) is 30.9 Å². The van der Waals surface area contributed by atoms with Crippen molar-refractivity contribution in [2.75, 3.05) is 0 Å². The normalized spacial score (nSPS) is 13.8. The number of hydrogen-bond acceptors (Lipinski definition) is 12. The van der Waals surface area contributed by atoms with Gasteiger partial charge in [0.1, 0.15) is 19.3 Å². The van der Waals surface area contributed by atoms with Crippen molar-refractivity contribution in [1.82, 2.24) is 30.9 Å². The van der Waals surface area contributed by atoms with E-state index in [1.165, 1.54) is 34.0 Å². The second-order valence-electron chi connectivity index (χ2n) is 11.9. The van der Waals surface area contributed by atoms with Crippen molar-refractivity contribution < 1.29 is 29.0 Å². The lowest BCUT2D eigenvalue weighted by Gasteiger charge is -2.29. The third kappa shape index (κ3) is 12.0. The van der Waals surface area contributed by atoms with Gasteiger partial charge in [0.2, 0.25) is 5.91 Å². The molecule has 3 amide bonds. The van der Waals surface area contributed by atoms with Crippen LogP contribution in [0.4, 0.5) is 9.59 Å². The van der Waals surface area contributed by atoms with E-state index < -0.39 is 42.3 Å². The Morgan fingerprint density at radius 2 is 1.50 bits per heavy atom. The van der Waals surface area contributed by atoms with E-state index in [-0.39, 0.29) is 31.5 Å². The van der Waals surface area contributed by atoms with Crippen LogP contribution in [0.5, 0.6) is 0 Å². The number of nitrogens with one attached hydrogen (secondary N) is 3. The average molecular weight is 715 g/mol. The van der Waals surface area contributed by atoms with Gasteiger partial charge in [0.15, 0.2) is 0 Å². The Bertz CT molecular complexity index is 1550. The van der Waals surface area contributed by atoms with E-state index in [1.807, 2.05) is 63.4 Å². The minimum atomic E-state index is -1.07. The van der Waals surface area contributed by atoms with E-state index in [1.54, 1.807) is 23.4 Å². The molecule has 4 rings (SSSR count). The lowest BCUT2D eigenvalue weighted by Crippen LogP contribution is -2.54. The molecule has 4 aromatic rings. The number of amides is 3. The molecule has 0 bridgehead atoms. The van der Waals surface area contributed by atoms with Crippen molar-refractivity contribution >= 4 is 52.1 Å². The number of aromatic nitrogens is 3. The summed E-state index contributed by atoms with van der Waals surface area (Å²) >= 11 is 4.32. The number of thiazole rings is 3. The van der Waals surface area contributed by atoms with Crippen LogP contribution in [0.2, 0.25) is 0 Å². The Morgan fingerprint density at radius 1 is 0.833 bits per heavy atom. The van der Waals surface area contributed by atoms with E-state index in [0.29, 0.717) is 18.5 Å². The maximum atomic E-state index is 13.6. The van der Waals surface area contributed by atoms with Crippen molar-refractivity contribution in [3.05, 3.63) is 85.1 Å². The van der Waals surface area contributed by atoms with Gasteiger partial charge < -0.3 is 30.5 Å². The number of alkyl carbamates (subject to hydrolysis) is 2. The smallest absolute Gasteiger partial charge is 0.408 e. The van der Waals surface area contributed by atoms with Crippen LogP contribution in [-0.2, 0) is 40.3 Å². The molecule has 0 aliphatic rings. The number of ether oxygens (including phenoxy) is 2. The van der Waals surface area contributed by atoms with Gasteiger partial charge in [-0.3, -0.25) is 14.8 Å². The Morgan fingerprint density at radius 3 is 2.12 bits per heavy atom. The van der Waals surface area contributed by atoms with Gasteiger partial charge in [0.25, 0.3) is 0 Å². The lowest BCUT2D eigenvalue weighted by atomic mass is 9.94. The molecule has 0 aliphatic heterocycles. The van der Waals surface area contributed by atoms with Crippen LogP contribution in [0.15, 0.2) is 59.1 Å². The molecule has 48 heavy (non-hydrogen) atoms. The van der Waals surface area contributed by atoms with Crippen molar-refractivity contribution in [2.24, 2.45) is 5.92 Å². The average Bonchev–Trinajstić information content (AvgIpc) is 3.85. The predicted octanol–water partition coefficient (Wildman–Crippen LogP) is 5.45. The minimum absolute atomic E-state index is 0.00979. The molecular weight excluding hydrogens is 673 g/mol. The molecule has 3 unspecified atom stereocenters. The zero-order chi connectivity index (χ0) is 34.5. The molecule has 1 aromatic carbocycles. The van der Waals surface area contributed by atoms with Crippen molar-refractivity contribution in [2.45, 2.75) is 90.3 Å². The number of aliphatic hydroxyl groups excluding tert-OH is 1. The third-order valence-corrected chi connectivity index (χ3v) is 10.1. The topological polar surface area (TPSA) is 165 Å². The molecule has 0 spiro atoms. The maximum Gasteiger partial charge on any atom is 0.408 e. The fourth-order valence-electron chi connectivity index (χ4n) is 4.82. The van der Waals surface area contributed by atoms with Gasteiger partial charge >= 0.3 is 12.2 Å². The standard InChI is InChI=1S/C33H42N6O6S3/c1-20(2)29(39-33(43)44-15-24-17-46-31(37-24)21(3)4)30(41)36-23(11-25-13-34-18-47-25)12-28(40)27(10-22-8-6-5-7-9-22)38-32(42)45-16-26-14-35-19-48-26/h5-9,13-14,17-21,23,27-29,40H,10-12,15-16H2,1-4H3,(H,36,41)(H,38,42)(H,39,43)/t23?,27?,28?,29-/m0/s1. The third-order valence-electron chi connectivity index (χ3n) is 7.34. The highest BCUT2D eigenvalue weighted by Crippen LogP contribution is 2.20. The first kappa shape index (κ1) is 36.9. The largest absolute Gasteiger partial charge is 0.444 e. The van der Waals surface area contributed by atoms with Gasteiger partial charge in [0, 0.05) is 41.0 Å². The van der Waals surface area contributed by atoms with Crippen LogP contribution >= 0.6 is 34.0 Å². The van der Waals surface area contributed by atoms with Crippen LogP contribution in [-0.4, -0.2) is 62.4 Å². The van der Waals surface area contributed by atoms with Crippen molar-refractivity contribution in [3.63, 3.8) is 0 Å². The summed E-state index contributed by atoms with van der Waals surface area (Å²) in [5.41, 5.74) is 4.91. The molecule has 0 radical (unpaired) electrons. The monoisotopic (exact) mass is 714 g/mol. The van der Waals surface area contributed by atoms with Gasteiger partial charge in [-0.15, -0.1) is 34.0 Å². The number of carbonyl (C=O) groups excluding carboxylic acids is 3. The van der Waals surface area contributed by atoms with E-state index in [0.717, 1.165) is 20.3 Å². The Balaban J connectivity index is 1.42. The van der Waals surface area contributed by atoms with Crippen molar-refractivity contribution in [3.8, 4) is 0 Å². The summed E-state index contributed by atoms with van der Waals surface area (Å²) in [6.07, 6.45) is 1.70. The Kier molecular flexibility index (Phi) is 14.3. The molecule has 4 N–H and O–H groups in total. The number of aliphatic hydroxyl groups is 1. The van der Waals surface area contributed by atoms with E-state index in [4.69, 9.17) is 9.47 Å². The first-order chi connectivity index (χ1) is 23.1. The fourth-order valence-corrected chi connectivity index (χ4v) is 6.82. The highest BCUT2D eigenvalue weighted by molar-refractivity contribution is 7.10. The summed E-state index contributed by atoms with van der Waals surface area (Å²) < 4.78 is 10.8. The van der Waals surface area contributed by atoms with E-state index >= 15 is 0 Å². The molecule has 0 saturated carbocycles. The molecule has 258 valence electrons. The summed E-state index contributed by atoms with van der Waals surface area (Å²) in [6.45, 7) is 7.79. The SMILES string of the molecule is CC(C)c1nc(COC(=O)N[C@H](C(=O)NC(Cc2cncs2)CC(O)C(Cc2ccccc2)NC(=O)OCc2cncs2)C(C)C)cs1. The summed E-state index contributed by atoms with van der Waals surface area (Å²) in [7, 11) is 0. The Labute approximate surface area is 292 Å². The summed E-state index contributed by atoms with van der Waals surface area (Å²) in [6, 6.07) is 7.31. The zero-order valence-electron chi connectivity index (χ0n) is 27.3. The van der Waals surface area contributed by atoms with Gasteiger partial charge in [-0.2, -0.15) is 0 Å². The van der Waals surface area contributed by atoms with Crippen LogP contribution in [0, 0.1) is 5.92 Å². The summed E-state index contributed by atoms with van der Waals surface area (Å²) in [5.74, 6) is -0.412. The quantitative estimate of drug-likeness (QED) is 0.111. The molecule has 3 heterocycles. The molecular formula is C33H42N6O6S3. The number of rotatable bonds is 17. The van der Waals surface area contributed by atoms with Crippen LogP contribution in [0.1, 0.15) is 66.1 Å². The van der Waals surface area contributed by atoms with E-state index in [9.17, 15) is 19.5 Å². The maximum absolute atomic E-state index is 13.6. The first-order valence-electron chi connectivity index (χ1n) is 15.6. The number of benzene rings is 1. The summed E-state index contributed by atoms with van der Waals surface area (Å²) in [5, 5.41) is 22.9. The van der Waals surface area contributed by atoms with Gasteiger partial charge in [-0.1, -0.05) is 58.0 Å². The molecule has 4 atom stereocenters. The fraction of sp³-hybridized carbons (Fsp3) is 0.455. The zero-order valence-corrected chi connectivity index (χ0v) is 29.8. The van der Waals surface area contributed by atoms with Crippen LogP contribution in [0.25, 0.3) is 0 Å². The van der Waals surface area contributed by atoms with Gasteiger partial charge in [-0.05, 0) is 24.3 Å². The molecule has 3 aromatic heterocycles. The van der Waals surface area contributed by atoms with Crippen LogP contribution < -0.4 is 16.0 Å². The molecule has 0 fully saturated rings. The highest BCUT2D eigenvalue weighted by atomic mass is 32.1. The second-order valence-corrected chi connectivity index (χ2v) is 14.8. The van der Waals surface area contributed by atoms with Crippen LogP contribution in [0.3, 0.4) is 0 Å². The first-order valence-corrected chi connectivity index (χ1v) is 18.3. The summed E-state index contributed by atoms with van der Waals surface area (Å²) in [4.78, 5) is 53.5. The van der Waals surface area contributed by atoms with Crippen molar-refractivity contribution in [1.29, 1.82) is 0 Å². The second kappa shape index (κ2) is 18.6. The molecule has 12 nitrogen and oxygen atoms in total. The highest BCUT2D eigenvalue weighted by Gasteiger charge is 2.31. The lowest BCUT2D eigenvalue weighted by molar-refractivity contribution is -0.125. The molecule has 0 aliphatic carbocycles. The number of carbonyl (C=O) groups is 3. The van der Waals surface area contributed by atoms with Gasteiger partial charge in [-0.25, -0.2) is 14.6 Å². The number of nitrogens with zero attached hydrogens (tertiary/aromatic N) is 3. The molecule has 15 heteroatoms.